The first-order valence-corrected chi connectivity index (χ1v) is 8.75. The summed E-state index contributed by atoms with van der Waals surface area (Å²) in [6.45, 7) is 1.00. The Morgan fingerprint density at radius 1 is 1.04 bits per heavy atom. The first kappa shape index (κ1) is 18.4. The fraction of sp³-hybridized carbons (Fsp3) is 0.190. The van der Waals surface area contributed by atoms with Gasteiger partial charge in [0.1, 0.15) is 0 Å². The van der Waals surface area contributed by atoms with E-state index in [9.17, 15) is 14.4 Å². The summed E-state index contributed by atoms with van der Waals surface area (Å²) < 4.78 is 0. The maximum atomic E-state index is 12.3. The number of rotatable bonds is 7. The van der Waals surface area contributed by atoms with Crippen molar-refractivity contribution in [1.29, 1.82) is 0 Å². The number of carbonyl (C=O) groups is 3. The number of amides is 3. The Morgan fingerprint density at radius 3 is 2.41 bits per heavy atom. The van der Waals surface area contributed by atoms with Gasteiger partial charge in [0.05, 0.1) is 0 Å². The summed E-state index contributed by atoms with van der Waals surface area (Å²) in [5.41, 5.74) is 8.03. The number of hydrogen-bond donors (Lipinski definition) is 2. The SMILES string of the molecule is NC(=O)CCC1=CCN(Cc2ccc(NC(=O)c3ccccc3)cc2)C1=O. The van der Waals surface area contributed by atoms with Crippen LogP contribution in [-0.2, 0) is 16.1 Å². The highest BCUT2D eigenvalue weighted by Gasteiger charge is 2.23. The third-order valence-electron chi connectivity index (χ3n) is 4.38. The van der Waals surface area contributed by atoms with Gasteiger partial charge in [-0.1, -0.05) is 36.4 Å². The van der Waals surface area contributed by atoms with Gasteiger partial charge in [0.2, 0.25) is 11.8 Å². The number of hydrogen-bond acceptors (Lipinski definition) is 3. The van der Waals surface area contributed by atoms with Crippen LogP contribution in [0.2, 0.25) is 0 Å². The Bertz CT molecular complexity index is 873. The summed E-state index contributed by atoms with van der Waals surface area (Å²) >= 11 is 0. The van der Waals surface area contributed by atoms with Crippen LogP contribution in [0, 0.1) is 0 Å². The molecule has 138 valence electrons. The highest BCUT2D eigenvalue weighted by Crippen LogP contribution is 2.20. The van der Waals surface area contributed by atoms with Gasteiger partial charge in [-0.15, -0.1) is 0 Å². The molecule has 0 radical (unpaired) electrons. The third-order valence-corrected chi connectivity index (χ3v) is 4.38. The number of nitrogens with zero attached hydrogens (tertiary/aromatic N) is 1. The van der Waals surface area contributed by atoms with E-state index < -0.39 is 5.91 Å². The number of anilines is 1. The predicted molar refractivity (Wildman–Crippen MR) is 103 cm³/mol. The largest absolute Gasteiger partial charge is 0.370 e. The molecule has 0 atom stereocenters. The molecular formula is C21H21N3O3. The van der Waals surface area contributed by atoms with Crippen molar-refractivity contribution in [2.75, 3.05) is 11.9 Å². The monoisotopic (exact) mass is 363 g/mol. The van der Waals surface area contributed by atoms with Crippen LogP contribution in [0.3, 0.4) is 0 Å². The molecule has 6 heteroatoms. The lowest BCUT2D eigenvalue weighted by molar-refractivity contribution is -0.126. The lowest BCUT2D eigenvalue weighted by Gasteiger charge is -2.17. The minimum atomic E-state index is -0.407. The van der Waals surface area contributed by atoms with E-state index in [2.05, 4.69) is 5.32 Å². The van der Waals surface area contributed by atoms with Gasteiger partial charge in [-0.25, -0.2) is 0 Å². The van der Waals surface area contributed by atoms with Gasteiger partial charge in [-0.3, -0.25) is 14.4 Å². The normalized spacial score (nSPS) is 13.4. The molecule has 27 heavy (non-hydrogen) atoms. The van der Waals surface area contributed by atoms with E-state index in [0.29, 0.717) is 36.3 Å². The van der Waals surface area contributed by atoms with Crippen molar-refractivity contribution in [2.24, 2.45) is 5.73 Å². The van der Waals surface area contributed by atoms with E-state index in [1.807, 2.05) is 48.5 Å². The van der Waals surface area contributed by atoms with Gasteiger partial charge in [-0.05, 0) is 36.2 Å². The van der Waals surface area contributed by atoms with Crippen molar-refractivity contribution in [2.45, 2.75) is 19.4 Å². The zero-order valence-corrected chi connectivity index (χ0v) is 14.9. The summed E-state index contributed by atoms with van der Waals surface area (Å²) in [5.74, 6) is -0.630. The Morgan fingerprint density at radius 2 is 1.74 bits per heavy atom. The molecule has 0 saturated heterocycles. The second-order valence-corrected chi connectivity index (χ2v) is 6.40. The minimum absolute atomic E-state index is 0.0577. The zero-order chi connectivity index (χ0) is 19.2. The average molecular weight is 363 g/mol. The molecule has 1 aliphatic rings. The fourth-order valence-electron chi connectivity index (χ4n) is 2.90. The maximum absolute atomic E-state index is 12.3. The minimum Gasteiger partial charge on any atom is -0.370 e. The van der Waals surface area contributed by atoms with Gasteiger partial charge in [0.15, 0.2) is 0 Å². The number of benzene rings is 2. The molecule has 3 amide bonds. The molecule has 6 nitrogen and oxygen atoms in total. The first-order chi connectivity index (χ1) is 13.0. The van der Waals surface area contributed by atoms with Crippen LogP contribution in [0.25, 0.3) is 0 Å². The number of carbonyl (C=O) groups excluding carboxylic acids is 3. The quantitative estimate of drug-likeness (QED) is 0.791. The van der Waals surface area contributed by atoms with Gasteiger partial charge in [0, 0.05) is 36.3 Å². The smallest absolute Gasteiger partial charge is 0.255 e. The van der Waals surface area contributed by atoms with E-state index in [1.165, 1.54) is 0 Å². The maximum Gasteiger partial charge on any atom is 0.255 e. The van der Waals surface area contributed by atoms with Crippen molar-refractivity contribution in [3.05, 3.63) is 77.4 Å². The zero-order valence-electron chi connectivity index (χ0n) is 14.9. The van der Waals surface area contributed by atoms with Crippen LogP contribution >= 0.6 is 0 Å². The van der Waals surface area contributed by atoms with Crippen LogP contribution in [0.5, 0.6) is 0 Å². The van der Waals surface area contributed by atoms with Crippen LogP contribution in [-0.4, -0.2) is 29.2 Å². The average Bonchev–Trinajstić information content (AvgIpc) is 3.02. The molecule has 3 N–H and O–H groups in total. The van der Waals surface area contributed by atoms with Crippen molar-refractivity contribution < 1.29 is 14.4 Å². The van der Waals surface area contributed by atoms with Crippen LogP contribution < -0.4 is 11.1 Å². The summed E-state index contributed by atoms with van der Waals surface area (Å²) in [7, 11) is 0. The van der Waals surface area contributed by atoms with Gasteiger partial charge >= 0.3 is 0 Å². The second kappa shape index (κ2) is 8.31. The van der Waals surface area contributed by atoms with E-state index >= 15 is 0 Å². The van der Waals surface area contributed by atoms with E-state index in [0.717, 1.165) is 5.56 Å². The van der Waals surface area contributed by atoms with Crippen molar-refractivity contribution in [3.63, 3.8) is 0 Å². The number of nitrogens with two attached hydrogens (primary N) is 1. The molecule has 2 aromatic rings. The molecule has 0 unspecified atom stereocenters. The molecule has 0 bridgehead atoms. The summed E-state index contributed by atoms with van der Waals surface area (Å²) in [4.78, 5) is 37.1. The van der Waals surface area contributed by atoms with Crippen LogP contribution in [0.15, 0.2) is 66.2 Å². The Balaban J connectivity index is 1.55. The molecule has 0 fully saturated rings. The second-order valence-electron chi connectivity index (χ2n) is 6.40. The molecule has 0 aromatic heterocycles. The van der Waals surface area contributed by atoms with Crippen molar-refractivity contribution in [1.82, 2.24) is 4.90 Å². The Labute approximate surface area is 157 Å². The van der Waals surface area contributed by atoms with Crippen LogP contribution in [0.4, 0.5) is 5.69 Å². The molecular weight excluding hydrogens is 342 g/mol. The van der Waals surface area contributed by atoms with Crippen LogP contribution in [0.1, 0.15) is 28.8 Å². The Kier molecular flexibility index (Phi) is 5.66. The highest BCUT2D eigenvalue weighted by atomic mass is 16.2. The lowest BCUT2D eigenvalue weighted by Crippen LogP contribution is -2.26. The standard InChI is InChI=1S/C21H21N3O3/c22-19(25)11-8-17-12-13-24(21(17)27)14-15-6-9-18(10-7-15)23-20(26)16-4-2-1-3-5-16/h1-7,9-10,12H,8,11,13-14H2,(H2,22,25)(H,23,26). The molecule has 3 rings (SSSR count). The molecule has 1 heterocycles. The summed E-state index contributed by atoms with van der Waals surface area (Å²) in [6.07, 6.45) is 2.41. The van der Waals surface area contributed by atoms with Gasteiger partial charge in [0.25, 0.3) is 5.91 Å². The fourth-order valence-corrected chi connectivity index (χ4v) is 2.90. The summed E-state index contributed by atoms with van der Waals surface area (Å²) in [5, 5.41) is 2.85. The lowest BCUT2D eigenvalue weighted by atomic mass is 10.1. The first-order valence-electron chi connectivity index (χ1n) is 8.75. The summed E-state index contributed by atoms with van der Waals surface area (Å²) in [6, 6.07) is 16.4. The molecule has 0 spiro atoms. The predicted octanol–water partition coefficient (Wildman–Crippen LogP) is 2.47. The molecule has 1 aliphatic heterocycles. The third kappa shape index (κ3) is 4.82. The number of primary amides is 1. The van der Waals surface area contributed by atoms with Crippen molar-refractivity contribution in [3.8, 4) is 0 Å². The molecule has 0 aliphatic carbocycles. The molecule has 0 saturated carbocycles. The van der Waals surface area contributed by atoms with E-state index in [4.69, 9.17) is 5.73 Å². The van der Waals surface area contributed by atoms with Gasteiger partial charge < -0.3 is 16.0 Å². The Hall–Kier alpha value is -3.41. The highest BCUT2D eigenvalue weighted by molar-refractivity contribution is 6.04. The van der Waals surface area contributed by atoms with E-state index in [1.54, 1.807) is 17.0 Å². The van der Waals surface area contributed by atoms with E-state index in [-0.39, 0.29) is 18.2 Å². The molecule has 2 aromatic carbocycles. The van der Waals surface area contributed by atoms with Crippen molar-refractivity contribution >= 4 is 23.4 Å². The number of nitrogens with one attached hydrogen (secondary N) is 1. The van der Waals surface area contributed by atoms with Gasteiger partial charge in [-0.2, -0.15) is 0 Å². The topological polar surface area (TPSA) is 92.5 Å².